The molecular weight excluding hydrogens is 267 g/mol. The summed E-state index contributed by atoms with van der Waals surface area (Å²) in [6.45, 7) is 5.89. The third-order valence-corrected chi connectivity index (χ3v) is 3.90. The van der Waals surface area contributed by atoms with Crippen LogP contribution in [0.25, 0.3) is 0 Å². The van der Waals surface area contributed by atoms with Gasteiger partial charge in [-0.1, -0.05) is 32.8 Å². The summed E-state index contributed by atoms with van der Waals surface area (Å²) in [5, 5.41) is 0. The number of fused-ring (bicyclic) bond motifs is 1. The lowest BCUT2D eigenvalue weighted by Gasteiger charge is -2.35. The van der Waals surface area contributed by atoms with E-state index >= 15 is 0 Å². The molecule has 0 saturated carbocycles. The van der Waals surface area contributed by atoms with Crippen LogP contribution in [-0.4, -0.2) is 11.1 Å². The Morgan fingerprint density at radius 2 is 1.95 bits per heavy atom. The fourth-order valence-corrected chi connectivity index (χ4v) is 2.72. The zero-order chi connectivity index (χ0) is 14.9. The number of hydrogen-bond acceptors (Lipinski definition) is 2. The number of nitrogens with zero attached hydrogens (tertiary/aromatic N) is 1. The molecule has 3 atom stereocenters. The van der Waals surface area contributed by atoms with E-state index < -0.39 is 11.9 Å². The van der Waals surface area contributed by atoms with Gasteiger partial charge in [0.1, 0.15) is 5.69 Å². The number of halogens is 3. The van der Waals surface area contributed by atoms with Crippen LogP contribution in [0.3, 0.4) is 0 Å². The monoisotopic (exact) mass is 287 g/mol. The topological polar surface area (TPSA) is 22.1 Å². The Hall–Kier alpha value is -1.10. The van der Waals surface area contributed by atoms with E-state index in [1.807, 2.05) is 6.92 Å². The molecule has 0 N–H and O–H groups in total. The largest absolute Gasteiger partial charge is 0.433 e. The van der Waals surface area contributed by atoms with Crippen LogP contribution in [-0.2, 0) is 10.9 Å². The van der Waals surface area contributed by atoms with Gasteiger partial charge in [0.05, 0.1) is 17.9 Å². The summed E-state index contributed by atoms with van der Waals surface area (Å²) in [6.07, 6.45) is -1.65. The summed E-state index contributed by atoms with van der Waals surface area (Å²) < 4.78 is 44.0. The van der Waals surface area contributed by atoms with Crippen LogP contribution in [0.5, 0.6) is 0 Å². The van der Waals surface area contributed by atoms with Crippen LogP contribution in [0.2, 0.25) is 0 Å². The zero-order valence-corrected chi connectivity index (χ0v) is 12.0. The molecule has 0 fully saturated rings. The average molecular weight is 287 g/mol. The first-order valence-electron chi connectivity index (χ1n) is 7.08. The number of pyridine rings is 1. The van der Waals surface area contributed by atoms with Gasteiger partial charge in [0, 0.05) is 5.92 Å². The summed E-state index contributed by atoms with van der Waals surface area (Å²) in [5.74, 6) is 0.0857. The van der Waals surface area contributed by atoms with E-state index in [-0.39, 0.29) is 18.1 Å². The fraction of sp³-hybridized carbons (Fsp3) is 0.667. The van der Waals surface area contributed by atoms with Gasteiger partial charge < -0.3 is 4.74 Å². The second-order valence-corrected chi connectivity index (χ2v) is 5.42. The van der Waals surface area contributed by atoms with Crippen molar-refractivity contribution in [1.82, 2.24) is 4.98 Å². The summed E-state index contributed by atoms with van der Waals surface area (Å²) in [4.78, 5) is 3.78. The quantitative estimate of drug-likeness (QED) is 0.792. The van der Waals surface area contributed by atoms with Gasteiger partial charge in [-0.05, 0) is 25.0 Å². The van der Waals surface area contributed by atoms with Crippen molar-refractivity contribution in [2.24, 2.45) is 0 Å². The van der Waals surface area contributed by atoms with E-state index in [1.54, 1.807) is 13.0 Å². The molecule has 112 valence electrons. The molecule has 0 aromatic carbocycles. The molecule has 0 saturated heterocycles. The van der Waals surface area contributed by atoms with Crippen molar-refractivity contribution < 1.29 is 17.9 Å². The van der Waals surface area contributed by atoms with E-state index in [0.717, 1.165) is 30.9 Å². The Balaban J connectivity index is 2.31. The lowest BCUT2D eigenvalue weighted by molar-refractivity contribution is -0.141. The maximum Gasteiger partial charge on any atom is 0.433 e. The highest BCUT2D eigenvalue weighted by molar-refractivity contribution is 5.31. The highest BCUT2D eigenvalue weighted by Crippen LogP contribution is 2.40. The summed E-state index contributed by atoms with van der Waals surface area (Å²) in [6, 6.07) is 2.64. The molecule has 0 unspecified atom stereocenters. The van der Waals surface area contributed by atoms with Gasteiger partial charge in [0.25, 0.3) is 0 Å². The first-order chi connectivity index (χ1) is 9.34. The van der Waals surface area contributed by atoms with Gasteiger partial charge in [-0.25, -0.2) is 4.98 Å². The van der Waals surface area contributed by atoms with Gasteiger partial charge in [-0.2, -0.15) is 13.2 Å². The second kappa shape index (κ2) is 5.72. The maximum atomic E-state index is 12.7. The Bertz CT molecular complexity index is 473. The van der Waals surface area contributed by atoms with Crippen molar-refractivity contribution in [3.05, 3.63) is 29.1 Å². The van der Waals surface area contributed by atoms with E-state index in [4.69, 9.17) is 4.74 Å². The van der Waals surface area contributed by atoms with Crippen molar-refractivity contribution in [3.8, 4) is 0 Å². The molecule has 0 aliphatic carbocycles. The van der Waals surface area contributed by atoms with Crippen molar-refractivity contribution in [2.75, 3.05) is 0 Å². The van der Waals surface area contributed by atoms with Gasteiger partial charge in [0.15, 0.2) is 0 Å². The number of unbranched alkanes of at least 4 members (excludes halogenated alkanes) is 1. The van der Waals surface area contributed by atoms with Crippen molar-refractivity contribution in [1.29, 1.82) is 0 Å². The van der Waals surface area contributed by atoms with Crippen LogP contribution in [0.1, 0.15) is 69.0 Å². The zero-order valence-electron chi connectivity index (χ0n) is 12.0. The SMILES string of the molecule is CCCC[C@@H]1O[C@H](C)c2nc(C(F)(F)F)ccc2[C@@H]1C. The highest BCUT2D eigenvalue weighted by atomic mass is 19.4. The number of rotatable bonds is 3. The predicted octanol–water partition coefficient (Wildman–Crippen LogP) is 4.85. The second-order valence-electron chi connectivity index (χ2n) is 5.42. The Morgan fingerprint density at radius 3 is 2.55 bits per heavy atom. The van der Waals surface area contributed by atoms with Crippen LogP contribution in [0.4, 0.5) is 13.2 Å². The molecule has 0 bridgehead atoms. The van der Waals surface area contributed by atoms with Gasteiger partial charge in [-0.15, -0.1) is 0 Å². The van der Waals surface area contributed by atoms with Gasteiger partial charge >= 0.3 is 6.18 Å². The smallest absolute Gasteiger partial charge is 0.368 e. The Kier molecular flexibility index (Phi) is 4.37. The van der Waals surface area contributed by atoms with Crippen LogP contribution in [0, 0.1) is 0 Å². The van der Waals surface area contributed by atoms with E-state index in [2.05, 4.69) is 11.9 Å². The first kappa shape index (κ1) is 15.3. The number of aromatic nitrogens is 1. The molecule has 1 aliphatic rings. The first-order valence-corrected chi connectivity index (χ1v) is 7.08. The van der Waals surface area contributed by atoms with Gasteiger partial charge in [0.2, 0.25) is 0 Å². The lowest BCUT2D eigenvalue weighted by Crippen LogP contribution is -2.30. The van der Waals surface area contributed by atoms with E-state index in [1.165, 1.54) is 0 Å². The van der Waals surface area contributed by atoms with E-state index in [0.29, 0.717) is 5.69 Å². The number of hydrogen-bond donors (Lipinski definition) is 0. The Labute approximate surface area is 117 Å². The molecule has 0 radical (unpaired) electrons. The van der Waals surface area contributed by atoms with Crippen molar-refractivity contribution in [2.45, 2.75) is 64.3 Å². The molecule has 2 rings (SSSR count). The minimum Gasteiger partial charge on any atom is -0.368 e. The average Bonchev–Trinajstić information content (AvgIpc) is 2.39. The molecule has 0 amide bonds. The third kappa shape index (κ3) is 2.97. The minimum atomic E-state index is -4.41. The normalized spacial score (nSPS) is 26.4. The molecule has 2 heterocycles. The molecule has 5 heteroatoms. The number of alkyl halides is 3. The molecule has 1 aromatic rings. The van der Waals surface area contributed by atoms with Crippen LogP contribution in [0.15, 0.2) is 12.1 Å². The summed E-state index contributed by atoms with van der Waals surface area (Å²) in [5.41, 5.74) is 0.476. The summed E-state index contributed by atoms with van der Waals surface area (Å²) in [7, 11) is 0. The van der Waals surface area contributed by atoms with Gasteiger partial charge in [-0.3, -0.25) is 0 Å². The van der Waals surface area contributed by atoms with Crippen molar-refractivity contribution in [3.63, 3.8) is 0 Å². The third-order valence-electron chi connectivity index (χ3n) is 3.90. The minimum absolute atomic E-state index is 0.0657. The fourth-order valence-electron chi connectivity index (χ4n) is 2.72. The van der Waals surface area contributed by atoms with Crippen LogP contribution < -0.4 is 0 Å². The van der Waals surface area contributed by atoms with E-state index in [9.17, 15) is 13.2 Å². The molecule has 20 heavy (non-hydrogen) atoms. The molecule has 1 aliphatic heterocycles. The Morgan fingerprint density at radius 1 is 1.25 bits per heavy atom. The van der Waals surface area contributed by atoms with Crippen molar-refractivity contribution >= 4 is 0 Å². The standard InChI is InChI=1S/C15H20F3NO/c1-4-5-6-12-9(2)11-7-8-13(15(16,17)18)19-14(11)10(3)20-12/h7-10,12H,4-6H2,1-3H3/t9-,10+,12-/m0/s1. The molecule has 2 nitrogen and oxygen atoms in total. The van der Waals surface area contributed by atoms with Crippen LogP contribution >= 0.6 is 0 Å². The molecule has 0 spiro atoms. The molecule has 1 aromatic heterocycles. The maximum absolute atomic E-state index is 12.7. The predicted molar refractivity (Wildman–Crippen MR) is 70.5 cm³/mol. The highest BCUT2D eigenvalue weighted by Gasteiger charge is 2.37. The summed E-state index contributed by atoms with van der Waals surface area (Å²) >= 11 is 0. The number of ether oxygens (including phenoxy) is 1. The lowest BCUT2D eigenvalue weighted by atomic mass is 9.87. The molecular formula is C15H20F3NO.